The Morgan fingerprint density at radius 2 is 1.65 bits per heavy atom. The molecule has 0 unspecified atom stereocenters. The molecule has 0 saturated heterocycles. The molecule has 2 aromatic rings. The molecule has 1 aromatic heterocycles. The zero-order valence-electron chi connectivity index (χ0n) is 8.57. The summed E-state index contributed by atoms with van der Waals surface area (Å²) in [5.41, 5.74) is 0.0852. The van der Waals surface area contributed by atoms with Crippen LogP contribution < -0.4 is 0 Å². The van der Waals surface area contributed by atoms with Gasteiger partial charge >= 0.3 is 6.18 Å². The van der Waals surface area contributed by atoms with Crippen molar-refractivity contribution in [1.82, 2.24) is 4.98 Å². The molecule has 1 nitrogen and oxygen atoms in total. The van der Waals surface area contributed by atoms with Gasteiger partial charge in [-0.1, -0.05) is 30.3 Å². The van der Waals surface area contributed by atoms with Gasteiger partial charge < -0.3 is 0 Å². The molecule has 2 rings (SSSR count). The number of alkyl halides is 3. The maximum absolute atomic E-state index is 12.7. The summed E-state index contributed by atoms with van der Waals surface area (Å²) in [6.07, 6.45) is -3.27. The van der Waals surface area contributed by atoms with Crippen molar-refractivity contribution < 1.29 is 13.2 Å². The second-order valence-corrected chi connectivity index (χ2v) is 3.87. The minimum atomic E-state index is -4.41. The summed E-state index contributed by atoms with van der Waals surface area (Å²) in [7, 11) is 0. The molecule has 88 valence electrons. The van der Waals surface area contributed by atoms with Crippen molar-refractivity contribution in [2.24, 2.45) is 0 Å². The number of benzene rings is 1. The molecule has 0 aliphatic rings. The Labute approximate surface area is 102 Å². The molecule has 0 aliphatic carbocycles. The highest BCUT2D eigenvalue weighted by Crippen LogP contribution is 2.37. The highest BCUT2D eigenvalue weighted by Gasteiger charge is 2.33. The monoisotopic (exact) mass is 255 g/mol. The van der Waals surface area contributed by atoms with E-state index in [2.05, 4.69) is 17.6 Å². The Kier molecular flexibility index (Phi) is 3.11. The minimum Gasteiger partial charge on any atom is -0.255 e. The fourth-order valence-corrected chi connectivity index (χ4v) is 1.88. The fourth-order valence-electron chi connectivity index (χ4n) is 1.49. The molecule has 0 fully saturated rings. The van der Waals surface area contributed by atoms with Gasteiger partial charge in [-0.05, 0) is 6.07 Å². The van der Waals surface area contributed by atoms with Gasteiger partial charge in [0.25, 0.3) is 0 Å². The van der Waals surface area contributed by atoms with Crippen molar-refractivity contribution in [2.75, 3.05) is 0 Å². The molecular formula is C12H8F3NS. The van der Waals surface area contributed by atoms with E-state index in [1.807, 2.05) is 0 Å². The number of thiol groups is 1. The molecule has 0 saturated carbocycles. The SMILES string of the molecule is FC(F)(F)c1ccnc(-c2ccccc2)c1S. The maximum Gasteiger partial charge on any atom is 0.417 e. The molecule has 0 amide bonds. The van der Waals surface area contributed by atoms with E-state index in [4.69, 9.17) is 0 Å². The number of nitrogens with zero attached hydrogens (tertiary/aromatic N) is 1. The van der Waals surface area contributed by atoms with Crippen LogP contribution >= 0.6 is 12.6 Å². The first-order chi connectivity index (χ1) is 8.00. The van der Waals surface area contributed by atoms with Crippen molar-refractivity contribution in [1.29, 1.82) is 0 Å². The molecule has 17 heavy (non-hydrogen) atoms. The Balaban J connectivity index is 2.58. The molecule has 0 spiro atoms. The molecule has 0 radical (unpaired) electrons. The largest absolute Gasteiger partial charge is 0.417 e. The highest BCUT2D eigenvalue weighted by molar-refractivity contribution is 7.80. The first kappa shape index (κ1) is 12.0. The lowest BCUT2D eigenvalue weighted by Crippen LogP contribution is -2.07. The van der Waals surface area contributed by atoms with Crippen LogP contribution in [0.25, 0.3) is 11.3 Å². The summed E-state index contributed by atoms with van der Waals surface area (Å²) >= 11 is 3.93. The van der Waals surface area contributed by atoms with Gasteiger partial charge in [0, 0.05) is 16.7 Å². The summed E-state index contributed by atoms with van der Waals surface area (Å²) in [5.74, 6) is 0. The average molecular weight is 255 g/mol. The summed E-state index contributed by atoms with van der Waals surface area (Å²) in [5, 5.41) is 0. The number of hydrogen-bond acceptors (Lipinski definition) is 2. The smallest absolute Gasteiger partial charge is 0.255 e. The Hall–Kier alpha value is -1.49. The van der Waals surface area contributed by atoms with Crippen LogP contribution in [0.4, 0.5) is 13.2 Å². The Bertz CT molecular complexity index is 523. The van der Waals surface area contributed by atoms with Gasteiger partial charge in [-0.25, -0.2) is 0 Å². The fraction of sp³-hybridized carbons (Fsp3) is 0.0833. The second kappa shape index (κ2) is 4.41. The molecule has 0 N–H and O–H groups in total. The van der Waals surface area contributed by atoms with Crippen LogP contribution in [0, 0.1) is 0 Å². The van der Waals surface area contributed by atoms with E-state index < -0.39 is 11.7 Å². The molecule has 1 heterocycles. The van der Waals surface area contributed by atoms with Crippen LogP contribution in [0.3, 0.4) is 0 Å². The van der Waals surface area contributed by atoms with E-state index in [-0.39, 0.29) is 10.6 Å². The summed E-state index contributed by atoms with van der Waals surface area (Å²) in [6, 6.07) is 9.59. The topological polar surface area (TPSA) is 12.9 Å². The van der Waals surface area contributed by atoms with Gasteiger partial charge in [-0.2, -0.15) is 13.2 Å². The number of halogens is 3. The normalized spacial score (nSPS) is 11.5. The van der Waals surface area contributed by atoms with Crippen molar-refractivity contribution >= 4 is 12.6 Å². The van der Waals surface area contributed by atoms with Crippen LogP contribution in [-0.4, -0.2) is 4.98 Å². The van der Waals surface area contributed by atoms with Crippen LogP contribution in [0.2, 0.25) is 0 Å². The van der Waals surface area contributed by atoms with E-state index >= 15 is 0 Å². The van der Waals surface area contributed by atoms with E-state index in [1.165, 1.54) is 0 Å². The van der Waals surface area contributed by atoms with Gasteiger partial charge in [0.15, 0.2) is 0 Å². The average Bonchev–Trinajstić information content (AvgIpc) is 2.29. The quantitative estimate of drug-likeness (QED) is 0.758. The molecule has 0 bridgehead atoms. The first-order valence-electron chi connectivity index (χ1n) is 4.81. The van der Waals surface area contributed by atoms with Gasteiger partial charge in [0.2, 0.25) is 0 Å². The van der Waals surface area contributed by atoms with E-state index in [1.54, 1.807) is 30.3 Å². The summed E-state index contributed by atoms with van der Waals surface area (Å²) in [6.45, 7) is 0. The van der Waals surface area contributed by atoms with Crippen molar-refractivity contribution in [2.45, 2.75) is 11.1 Å². The Morgan fingerprint density at radius 1 is 1.00 bits per heavy atom. The van der Waals surface area contributed by atoms with Crippen LogP contribution in [0.1, 0.15) is 5.56 Å². The number of pyridine rings is 1. The lowest BCUT2D eigenvalue weighted by atomic mass is 10.1. The lowest BCUT2D eigenvalue weighted by Gasteiger charge is -2.12. The standard InChI is InChI=1S/C12H8F3NS/c13-12(14,15)9-6-7-16-10(11(9)17)8-4-2-1-3-5-8/h1-7,17H. The minimum absolute atomic E-state index is 0.147. The Morgan fingerprint density at radius 3 is 2.24 bits per heavy atom. The van der Waals surface area contributed by atoms with E-state index in [0.29, 0.717) is 5.56 Å². The van der Waals surface area contributed by atoms with E-state index in [0.717, 1.165) is 12.3 Å². The van der Waals surface area contributed by atoms with Crippen molar-refractivity contribution in [3.63, 3.8) is 0 Å². The maximum atomic E-state index is 12.7. The van der Waals surface area contributed by atoms with Crippen LogP contribution in [0.5, 0.6) is 0 Å². The predicted molar refractivity (Wildman–Crippen MR) is 61.9 cm³/mol. The highest BCUT2D eigenvalue weighted by atomic mass is 32.1. The second-order valence-electron chi connectivity index (χ2n) is 3.42. The number of hydrogen-bond donors (Lipinski definition) is 1. The summed E-state index contributed by atoms with van der Waals surface area (Å²) in [4.78, 5) is 3.80. The van der Waals surface area contributed by atoms with Crippen LogP contribution in [-0.2, 0) is 6.18 Å². The molecule has 1 aromatic carbocycles. The third kappa shape index (κ3) is 2.44. The third-order valence-corrected chi connectivity index (χ3v) is 2.73. The predicted octanol–water partition coefficient (Wildman–Crippen LogP) is 4.06. The zero-order chi connectivity index (χ0) is 12.5. The first-order valence-corrected chi connectivity index (χ1v) is 5.25. The van der Waals surface area contributed by atoms with Gasteiger partial charge in [-0.15, -0.1) is 12.6 Å². The number of aromatic nitrogens is 1. The van der Waals surface area contributed by atoms with E-state index in [9.17, 15) is 13.2 Å². The van der Waals surface area contributed by atoms with Crippen molar-refractivity contribution in [3.8, 4) is 11.3 Å². The number of rotatable bonds is 1. The third-order valence-electron chi connectivity index (χ3n) is 2.28. The van der Waals surface area contributed by atoms with Gasteiger partial charge in [0.1, 0.15) is 0 Å². The molecule has 0 aliphatic heterocycles. The molecule has 5 heteroatoms. The molecule has 0 atom stereocenters. The van der Waals surface area contributed by atoms with Gasteiger partial charge in [0.05, 0.1) is 11.3 Å². The zero-order valence-corrected chi connectivity index (χ0v) is 9.46. The lowest BCUT2D eigenvalue weighted by molar-refractivity contribution is -0.139. The molecular weight excluding hydrogens is 247 g/mol. The van der Waals surface area contributed by atoms with Crippen LogP contribution in [0.15, 0.2) is 47.5 Å². The van der Waals surface area contributed by atoms with Crippen molar-refractivity contribution in [3.05, 3.63) is 48.2 Å². The summed E-state index contributed by atoms with van der Waals surface area (Å²) < 4.78 is 38.0. The van der Waals surface area contributed by atoms with Gasteiger partial charge in [-0.3, -0.25) is 4.98 Å².